The van der Waals surface area contributed by atoms with E-state index < -0.39 is 0 Å². The minimum atomic E-state index is 0.477. The zero-order valence-electron chi connectivity index (χ0n) is 20.6. The van der Waals surface area contributed by atoms with Crippen LogP contribution in [-0.4, -0.2) is 53.7 Å². The van der Waals surface area contributed by atoms with Gasteiger partial charge in [-0.05, 0) is 80.6 Å². The Morgan fingerprint density at radius 1 is 1.15 bits per heavy atom. The van der Waals surface area contributed by atoms with Crippen LogP contribution in [0.2, 0.25) is 0 Å². The Balaban J connectivity index is 1.34. The van der Waals surface area contributed by atoms with Crippen LogP contribution in [0.3, 0.4) is 0 Å². The molecule has 2 heterocycles. The van der Waals surface area contributed by atoms with Crippen LogP contribution >= 0.6 is 11.3 Å². The molecule has 182 valence electrons. The summed E-state index contributed by atoms with van der Waals surface area (Å²) in [6, 6.07) is 6.14. The zero-order chi connectivity index (χ0) is 23.7. The van der Waals surface area contributed by atoms with Gasteiger partial charge in [-0.2, -0.15) is 15.0 Å². The lowest BCUT2D eigenvalue weighted by Gasteiger charge is -2.60. The third kappa shape index (κ3) is 4.68. The molecule has 0 spiro atoms. The highest BCUT2D eigenvalue weighted by atomic mass is 32.1. The first kappa shape index (κ1) is 23.2. The van der Waals surface area contributed by atoms with Crippen molar-refractivity contribution in [1.29, 1.82) is 0 Å². The van der Waals surface area contributed by atoms with Crippen LogP contribution in [0.5, 0.6) is 0 Å². The predicted octanol–water partition coefficient (Wildman–Crippen LogP) is 4.75. The predicted molar refractivity (Wildman–Crippen MR) is 141 cm³/mol. The van der Waals surface area contributed by atoms with E-state index in [9.17, 15) is 0 Å². The number of aromatic nitrogens is 4. The van der Waals surface area contributed by atoms with E-state index in [-0.39, 0.29) is 0 Å². The third-order valence-electron chi connectivity index (χ3n) is 8.00. The van der Waals surface area contributed by atoms with Gasteiger partial charge in [0.2, 0.25) is 17.8 Å². The number of fused-ring (bicyclic) bond motifs is 3. The van der Waals surface area contributed by atoms with Gasteiger partial charge >= 0.3 is 0 Å². The van der Waals surface area contributed by atoms with Crippen molar-refractivity contribution >= 4 is 45.1 Å². The second-order valence-corrected chi connectivity index (χ2v) is 11.3. The molecule has 1 aromatic carbocycles. The number of nitrogens with zero attached hydrogens (tertiary/aromatic N) is 5. The molecule has 9 heteroatoms. The number of nitrogens with one attached hydrogen (secondary N) is 3. The summed E-state index contributed by atoms with van der Waals surface area (Å²) in [5, 5.41) is 10.2. The molecular formula is C25H36N8S. The highest BCUT2D eigenvalue weighted by Gasteiger charge is 2.53. The monoisotopic (exact) mass is 480 g/mol. The van der Waals surface area contributed by atoms with Crippen molar-refractivity contribution in [2.24, 2.45) is 23.2 Å². The van der Waals surface area contributed by atoms with Crippen molar-refractivity contribution in [1.82, 2.24) is 25.3 Å². The smallest absolute Gasteiger partial charge is 0.233 e. The Hall–Kier alpha value is -2.52. The maximum Gasteiger partial charge on any atom is 0.233 e. The van der Waals surface area contributed by atoms with Crippen LogP contribution in [0.4, 0.5) is 23.5 Å². The highest BCUT2D eigenvalue weighted by Crippen LogP contribution is 2.61. The molecule has 3 aliphatic rings. The lowest BCUT2D eigenvalue weighted by atomic mass is 9.45. The molecule has 0 amide bonds. The maximum atomic E-state index is 4.78. The van der Waals surface area contributed by atoms with Crippen molar-refractivity contribution in [3.05, 3.63) is 23.7 Å². The summed E-state index contributed by atoms with van der Waals surface area (Å²) in [5.41, 5.74) is 4.30. The molecule has 2 aromatic heterocycles. The molecule has 3 aromatic rings. The van der Waals surface area contributed by atoms with Gasteiger partial charge in [-0.15, -0.1) is 11.3 Å². The zero-order valence-corrected chi connectivity index (χ0v) is 21.5. The Labute approximate surface area is 206 Å². The number of benzene rings is 1. The molecule has 6 rings (SSSR count). The molecule has 2 bridgehead atoms. The molecule has 3 N–H and O–H groups in total. The fourth-order valence-corrected chi connectivity index (χ4v) is 6.47. The number of hydrogen-bond donors (Lipinski definition) is 3. The third-order valence-corrected chi connectivity index (χ3v) is 8.79. The molecule has 3 aliphatic carbocycles. The van der Waals surface area contributed by atoms with Crippen molar-refractivity contribution in [3.8, 4) is 0 Å². The number of hydrogen-bond acceptors (Lipinski definition) is 9. The van der Waals surface area contributed by atoms with Crippen LogP contribution in [0, 0.1) is 23.2 Å². The Morgan fingerprint density at radius 2 is 2.00 bits per heavy atom. The van der Waals surface area contributed by atoms with Gasteiger partial charge in [-0.25, -0.2) is 4.98 Å². The Kier molecular flexibility index (Phi) is 6.57. The van der Waals surface area contributed by atoms with E-state index >= 15 is 0 Å². The molecular weight excluding hydrogens is 444 g/mol. The molecule has 3 fully saturated rings. The average molecular weight is 481 g/mol. The standard InChI is InChI=1S/C25H36N8S/c1-25(2)17-7-6-16(19(25)12-17)14-27-22-30-23(32-24(31-22)33(4)11-5-10-26-3)29-18-8-9-20-21(13-18)34-15-28-20/h8-9,13,15-17,19,26H,5-7,10-12,14H2,1-4H3,(H2,27,29,30,31,32)/t16?,17?,19-/m0/s1. The quantitative estimate of drug-likeness (QED) is 0.358. The van der Waals surface area contributed by atoms with Crippen LogP contribution in [-0.2, 0) is 0 Å². The van der Waals surface area contributed by atoms with E-state index in [1.54, 1.807) is 11.3 Å². The molecule has 3 atom stereocenters. The second-order valence-electron chi connectivity index (χ2n) is 10.4. The van der Waals surface area contributed by atoms with Gasteiger partial charge in [0, 0.05) is 25.8 Å². The summed E-state index contributed by atoms with van der Waals surface area (Å²) in [5.74, 6) is 4.28. The van der Waals surface area contributed by atoms with E-state index in [0.29, 0.717) is 29.2 Å². The normalized spacial score (nSPS) is 22.9. The van der Waals surface area contributed by atoms with Gasteiger partial charge in [-0.1, -0.05) is 13.8 Å². The summed E-state index contributed by atoms with van der Waals surface area (Å²) in [4.78, 5) is 20.7. The minimum Gasteiger partial charge on any atom is -0.354 e. The van der Waals surface area contributed by atoms with Crippen LogP contribution in [0.1, 0.15) is 39.5 Å². The fraction of sp³-hybridized carbons (Fsp3) is 0.600. The largest absolute Gasteiger partial charge is 0.354 e. The van der Waals surface area contributed by atoms with Crippen LogP contribution < -0.4 is 20.9 Å². The summed E-state index contributed by atoms with van der Waals surface area (Å²) in [7, 11) is 4.02. The molecule has 34 heavy (non-hydrogen) atoms. The lowest BCUT2D eigenvalue weighted by molar-refractivity contribution is -0.100. The summed E-state index contributed by atoms with van der Waals surface area (Å²) in [6.45, 7) is 7.64. The summed E-state index contributed by atoms with van der Waals surface area (Å²) in [6.07, 6.45) is 5.04. The molecule has 8 nitrogen and oxygen atoms in total. The van der Waals surface area contributed by atoms with Crippen molar-refractivity contribution in [3.63, 3.8) is 0 Å². The fourth-order valence-electron chi connectivity index (χ4n) is 5.75. The van der Waals surface area contributed by atoms with E-state index in [0.717, 1.165) is 53.8 Å². The number of anilines is 4. The van der Waals surface area contributed by atoms with Gasteiger partial charge in [0.15, 0.2) is 0 Å². The Bertz CT molecular complexity index is 1130. The van der Waals surface area contributed by atoms with E-state index in [1.807, 2.05) is 31.7 Å². The molecule has 3 saturated carbocycles. The van der Waals surface area contributed by atoms with Crippen molar-refractivity contribution in [2.45, 2.75) is 39.5 Å². The van der Waals surface area contributed by atoms with Crippen LogP contribution in [0.25, 0.3) is 10.2 Å². The van der Waals surface area contributed by atoms with Crippen molar-refractivity contribution < 1.29 is 0 Å². The van der Waals surface area contributed by atoms with Crippen LogP contribution in [0.15, 0.2) is 23.7 Å². The summed E-state index contributed by atoms with van der Waals surface area (Å²) < 4.78 is 1.14. The van der Waals surface area contributed by atoms with Gasteiger partial charge in [0.1, 0.15) is 0 Å². The maximum absolute atomic E-state index is 4.78. The lowest BCUT2D eigenvalue weighted by Crippen LogP contribution is -2.53. The summed E-state index contributed by atoms with van der Waals surface area (Å²) >= 11 is 1.63. The SMILES string of the molecule is CNCCCN(C)c1nc(NCC2CCC3C[C@@H]2C3(C)C)nc(Nc2ccc3ncsc3c2)n1. The van der Waals surface area contributed by atoms with Gasteiger partial charge in [0.25, 0.3) is 0 Å². The van der Waals surface area contributed by atoms with E-state index in [2.05, 4.69) is 45.7 Å². The van der Waals surface area contributed by atoms with Crippen molar-refractivity contribution in [2.75, 3.05) is 49.3 Å². The average Bonchev–Trinajstić information content (AvgIpc) is 3.30. The Morgan fingerprint density at radius 3 is 2.79 bits per heavy atom. The first-order chi connectivity index (χ1) is 16.4. The van der Waals surface area contributed by atoms with Gasteiger partial charge in [-0.3, -0.25) is 0 Å². The van der Waals surface area contributed by atoms with E-state index in [4.69, 9.17) is 15.0 Å². The van der Waals surface area contributed by atoms with E-state index in [1.165, 1.54) is 19.3 Å². The highest BCUT2D eigenvalue weighted by molar-refractivity contribution is 7.16. The second kappa shape index (κ2) is 9.62. The molecule has 2 unspecified atom stereocenters. The topological polar surface area (TPSA) is 90.9 Å². The number of rotatable bonds is 10. The number of thiazole rings is 1. The first-order valence-electron chi connectivity index (χ1n) is 12.4. The van der Waals surface area contributed by atoms with Gasteiger partial charge < -0.3 is 20.9 Å². The first-order valence-corrected chi connectivity index (χ1v) is 13.3. The van der Waals surface area contributed by atoms with Gasteiger partial charge in [0.05, 0.1) is 15.7 Å². The molecule has 0 radical (unpaired) electrons. The minimum absolute atomic E-state index is 0.477. The molecule has 0 saturated heterocycles. The molecule has 0 aliphatic heterocycles.